The standard InChI is InChI=1S/C26H28N4O3/c1-19-7-6-8-20(17-19)27-26(33)21-9-2-3-10-22(21)28-25(32)18-29-13-15-30(16-14-29)23-11-4-5-12-24(23)31/h2-12,17,31H,13-16,18H2,1H3,(H,27,33)(H,28,32). The Morgan fingerprint density at radius 1 is 0.879 bits per heavy atom. The molecule has 33 heavy (non-hydrogen) atoms. The van der Waals surface area contributed by atoms with Gasteiger partial charge in [0.15, 0.2) is 0 Å². The van der Waals surface area contributed by atoms with Crippen LogP contribution in [0.1, 0.15) is 15.9 Å². The van der Waals surface area contributed by atoms with Crippen molar-refractivity contribution in [2.75, 3.05) is 48.3 Å². The molecule has 2 amide bonds. The highest BCUT2D eigenvalue weighted by atomic mass is 16.3. The third kappa shape index (κ3) is 5.70. The maximum Gasteiger partial charge on any atom is 0.257 e. The molecule has 1 heterocycles. The van der Waals surface area contributed by atoms with E-state index in [2.05, 4.69) is 20.4 Å². The molecule has 1 fully saturated rings. The lowest BCUT2D eigenvalue weighted by Gasteiger charge is -2.35. The van der Waals surface area contributed by atoms with Gasteiger partial charge in [-0.3, -0.25) is 14.5 Å². The highest BCUT2D eigenvalue weighted by Gasteiger charge is 2.21. The van der Waals surface area contributed by atoms with Crippen molar-refractivity contribution < 1.29 is 14.7 Å². The first kappa shape index (κ1) is 22.4. The van der Waals surface area contributed by atoms with E-state index in [-0.39, 0.29) is 24.1 Å². The number of rotatable bonds is 6. The lowest BCUT2D eigenvalue weighted by atomic mass is 10.1. The first-order valence-corrected chi connectivity index (χ1v) is 11.0. The Morgan fingerprint density at radius 3 is 2.36 bits per heavy atom. The maximum atomic E-state index is 12.8. The SMILES string of the molecule is Cc1cccc(NC(=O)c2ccccc2NC(=O)CN2CCN(c3ccccc3O)CC2)c1. The van der Waals surface area contributed by atoms with Crippen LogP contribution in [-0.2, 0) is 4.79 Å². The van der Waals surface area contributed by atoms with Crippen LogP contribution < -0.4 is 15.5 Å². The average molecular weight is 445 g/mol. The normalized spacial score (nSPS) is 14.0. The van der Waals surface area contributed by atoms with Gasteiger partial charge in [-0.25, -0.2) is 0 Å². The number of phenols is 1. The van der Waals surface area contributed by atoms with Crippen LogP contribution in [0.3, 0.4) is 0 Å². The van der Waals surface area contributed by atoms with Crippen LogP contribution in [0, 0.1) is 6.92 Å². The number of nitrogens with one attached hydrogen (secondary N) is 2. The van der Waals surface area contributed by atoms with Crippen LogP contribution in [-0.4, -0.2) is 54.5 Å². The third-order valence-electron chi connectivity index (χ3n) is 5.68. The van der Waals surface area contributed by atoms with E-state index in [0.717, 1.165) is 24.3 Å². The van der Waals surface area contributed by atoms with Crippen LogP contribution >= 0.6 is 0 Å². The minimum Gasteiger partial charge on any atom is -0.506 e. The van der Waals surface area contributed by atoms with Crippen molar-refractivity contribution in [2.45, 2.75) is 6.92 Å². The molecule has 3 aromatic carbocycles. The Kier molecular flexibility index (Phi) is 6.90. The van der Waals surface area contributed by atoms with E-state index in [0.29, 0.717) is 30.0 Å². The van der Waals surface area contributed by atoms with Gasteiger partial charge >= 0.3 is 0 Å². The summed E-state index contributed by atoms with van der Waals surface area (Å²) in [6.07, 6.45) is 0. The van der Waals surface area contributed by atoms with Gasteiger partial charge < -0.3 is 20.6 Å². The van der Waals surface area contributed by atoms with Crippen molar-refractivity contribution in [1.82, 2.24) is 4.90 Å². The van der Waals surface area contributed by atoms with Crippen LogP contribution in [0.2, 0.25) is 0 Å². The van der Waals surface area contributed by atoms with Crippen LogP contribution in [0.5, 0.6) is 5.75 Å². The number of aromatic hydroxyl groups is 1. The van der Waals surface area contributed by atoms with Gasteiger partial charge in [-0.2, -0.15) is 0 Å². The Hall–Kier alpha value is -3.84. The fourth-order valence-electron chi connectivity index (χ4n) is 3.98. The number of aryl methyl sites for hydroxylation is 1. The molecule has 0 aliphatic carbocycles. The van der Waals surface area contributed by atoms with Crippen molar-refractivity contribution in [3.63, 3.8) is 0 Å². The first-order valence-electron chi connectivity index (χ1n) is 11.0. The summed E-state index contributed by atoms with van der Waals surface area (Å²) < 4.78 is 0. The Morgan fingerprint density at radius 2 is 1.61 bits per heavy atom. The predicted octanol–water partition coefficient (Wildman–Crippen LogP) is 3.71. The fourth-order valence-corrected chi connectivity index (χ4v) is 3.98. The molecule has 3 N–H and O–H groups in total. The van der Waals surface area contributed by atoms with Crippen molar-refractivity contribution in [3.8, 4) is 5.75 Å². The van der Waals surface area contributed by atoms with E-state index >= 15 is 0 Å². The Labute approximate surface area is 193 Å². The quantitative estimate of drug-likeness (QED) is 0.540. The second kappa shape index (κ2) is 10.2. The molecule has 1 aliphatic heterocycles. The van der Waals surface area contributed by atoms with Gasteiger partial charge in [-0.1, -0.05) is 36.4 Å². The summed E-state index contributed by atoms with van der Waals surface area (Å²) in [7, 11) is 0. The van der Waals surface area contributed by atoms with Crippen molar-refractivity contribution in [3.05, 3.63) is 83.9 Å². The predicted molar refractivity (Wildman–Crippen MR) is 131 cm³/mol. The Balaban J connectivity index is 1.34. The van der Waals surface area contributed by atoms with E-state index in [1.165, 1.54) is 0 Å². The molecule has 1 aliphatic rings. The molecule has 0 unspecified atom stereocenters. The molecule has 0 bridgehead atoms. The van der Waals surface area contributed by atoms with Crippen LogP contribution in [0.15, 0.2) is 72.8 Å². The van der Waals surface area contributed by atoms with Gasteiger partial charge in [0.2, 0.25) is 5.91 Å². The molecule has 0 spiro atoms. The van der Waals surface area contributed by atoms with E-state index in [1.807, 2.05) is 43.3 Å². The second-order valence-corrected chi connectivity index (χ2v) is 8.17. The first-order chi connectivity index (χ1) is 16.0. The van der Waals surface area contributed by atoms with E-state index in [4.69, 9.17) is 0 Å². The summed E-state index contributed by atoms with van der Waals surface area (Å²) in [5, 5.41) is 15.8. The number of carbonyl (C=O) groups is 2. The molecule has 0 aromatic heterocycles. The molecule has 0 radical (unpaired) electrons. The molecule has 7 heteroatoms. The molecule has 1 saturated heterocycles. The zero-order chi connectivity index (χ0) is 23.2. The summed E-state index contributed by atoms with van der Waals surface area (Å²) in [4.78, 5) is 29.7. The largest absolute Gasteiger partial charge is 0.506 e. The summed E-state index contributed by atoms with van der Waals surface area (Å²) in [5.41, 5.74) is 3.48. The monoisotopic (exact) mass is 444 g/mol. The molecule has 3 aromatic rings. The zero-order valence-corrected chi connectivity index (χ0v) is 18.6. The van der Waals surface area contributed by atoms with Gasteiger partial charge in [-0.05, 0) is 48.9 Å². The summed E-state index contributed by atoms with van der Waals surface area (Å²) in [6.45, 7) is 5.06. The molecule has 0 atom stereocenters. The highest BCUT2D eigenvalue weighted by Crippen LogP contribution is 2.27. The zero-order valence-electron chi connectivity index (χ0n) is 18.6. The molecule has 0 saturated carbocycles. The number of carbonyl (C=O) groups excluding carboxylic acids is 2. The maximum absolute atomic E-state index is 12.8. The molecular weight excluding hydrogens is 416 g/mol. The molecule has 4 rings (SSSR count). The van der Waals surface area contributed by atoms with Crippen LogP contribution in [0.4, 0.5) is 17.1 Å². The number of hydrogen-bond acceptors (Lipinski definition) is 5. The second-order valence-electron chi connectivity index (χ2n) is 8.17. The number of piperazine rings is 1. The lowest BCUT2D eigenvalue weighted by Crippen LogP contribution is -2.48. The van der Waals surface area contributed by atoms with Crippen LogP contribution in [0.25, 0.3) is 0 Å². The van der Waals surface area contributed by atoms with E-state index in [1.54, 1.807) is 36.4 Å². The fraction of sp³-hybridized carbons (Fsp3) is 0.231. The molecule has 7 nitrogen and oxygen atoms in total. The summed E-state index contributed by atoms with van der Waals surface area (Å²) in [6, 6.07) is 21.9. The van der Waals surface area contributed by atoms with E-state index < -0.39 is 0 Å². The van der Waals surface area contributed by atoms with Crippen molar-refractivity contribution in [2.24, 2.45) is 0 Å². The van der Waals surface area contributed by atoms with Gasteiger partial charge in [0.25, 0.3) is 5.91 Å². The van der Waals surface area contributed by atoms with Gasteiger partial charge in [0, 0.05) is 31.9 Å². The minimum absolute atomic E-state index is 0.165. The number of anilines is 3. The number of phenolic OH excluding ortho intramolecular Hbond substituents is 1. The van der Waals surface area contributed by atoms with E-state index in [9.17, 15) is 14.7 Å². The smallest absolute Gasteiger partial charge is 0.257 e. The third-order valence-corrected chi connectivity index (χ3v) is 5.68. The number of amides is 2. The molecular formula is C26H28N4O3. The lowest BCUT2D eigenvalue weighted by molar-refractivity contribution is -0.117. The van der Waals surface area contributed by atoms with Crippen molar-refractivity contribution in [1.29, 1.82) is 0 Å². The number of para-hydroxylation sites is 3. The summed E-state index contributed by atoms with van der Waals surface area (Å²) >= 11 is 0. The molecule has 170 valence electrons. The van der Waals surface area contributed by atoms with Gasteiger partial charge in [0.1, 0.15) is 5.75 Å². The number of benzene rings is 3. The van der Waals surface area contributed by atoms with Crippen molar-refractivity contribution >= 4 is 28.9 Å². The Bertz CT molecular complexity index is 1140. The minimum atomic E-state index is -0.271. The topological polar surface area (TPSA) is 84.9 Å². The number of nitrogens with zero attached hydrogens (tertiary/aromatic N) is 2. The average Bonchev–Trinajstić information content (AvgIpc) is 2.80. The summed E-state index contributed by atoms with van der Waals surface area (Å²) in [5.74, 6) is -0.168. The highest BCUT2D eigenvalue weighted by molar-refractivity contribution is 6.10. The van der Waals surface area contributed by atoms with Gasteiger partial charge in [-0.15, -0.1) is 0 Å². The van der Waals surface area contributed by atoms with Gasteiger partial charge in [0.05, 0.1) is 23.5 Å². The number of hydrogen-bond donors (Lipinski definition) is 3.